The second-order valence-electron chi connectivity index (χ2n) is 3.20. The van der Waals surface area contributed by atoms with Crippen LogP contribution >= 0.6 is 11.6 Å². The molecule has 0 spiro atoms. The molecule has 0 aliphatic rings. The van der Waals surface area contributed by atoms with E-state index in [0.29, 0.717) is 18.5 Å². The van der Waals surface area contributed by atoms with Crippen LogP contribution in [0.4, 0.5) is 0 Å². The van der Waals surface area contributed by atoms with E-state index in [9.17, 15) is 9.59 Å². The summed E-state index contributed by atoms with van der Waals surface area (Å²) >= 11 is 5.16. The standard InChI is InChI=1S/C10H16ClNO2/c1-8(2)10(14)12-7-5-3-4-6-9(11)13/h1,3-7H2,2H3,(H,12,14). The summed E-state index contributed by atoms with van der Waals surface area (Å²) in [6, 6.07) is 0. The van der Waals surface area contributed by atoms with Crippen molar-refractivity contribution in [2.75, 3.05) is 6.54 Å². The van der Waals surface area contributed by atoms with Crippen LogP contribution in [-0.4, -0.2) is 17.7 Å². The molecule has 0 aromatic heterocycles. The molecule has 0 aromatic rings. The number of rotatable bonds is 7. The molecule has 0 aromatic carbocycles. The molecule has 0 saturated carbocycles. The second kappa shape index (κ2) is 7.56. The fourth-order valence-corrected chi connectivity index (χ4v) is 1.05. The van der Waals surface area contributed by atoms with Gasteiger partial charge in [0.15, 0.2) is 0 Å². The summed E-state index contributed by atoms with van der Waals surface area (Å²) in [4.78, 5) is 21.4. The maximum Gasteiger partial charge on any atom is 0.246 e. The van der Waals surface area contributed by atoms with Crippen molar-refractivity contribution in [3.63, 3.8) is 0 Å². The van der Waals surface area contributed by atoms with Gasteiger partial charge in [-0.15, -0.1) is 0 Å². The van der Waals surface area contributed by atoms with Crippen molar-refractivity contribution in [2.45, 2.75) is 32.6 Å². The van der Waals surface area contributed by atoms with Crippen LogP contribution in [0.25, 0.3) is 0 Å². The Kier molecular flexibility index (Phi) is 7.11. The molecule has 0 radical (unpaired) electrons. The SMILES string of the molecule is C=C(C)C(=O)NCCCCCC(=O)Cl. The van der Waals surface area contributed by atoms with Crippen LogP contribution in [0.15, 0.2) is 12.2 Å². The predicted molar refractivity (Wildman–Crippen MR) is 57.2 cm³/mol. The van der Waals surface area contributed by atoms with Gasteiger partial charge in [0.2, 0.25) is 11.1 Å². The Morgan fingerprint density at radius 1 is 1.29 bits per heavy atom. The number of halogens is 1. The Hall–Kier alpha value is -0.830. The molecule has 80 valence electrons. The van der Waals surface area contributed by atoms with Gasteiger partial charge in [0, 0.05) is 18.5 Å². The summed E-state index contributed by atoms with van der Waals surface area (Å²) in [6.07, 6.45) is 2.96. The lowest BCUT2D eigenvalue weighted by Crippen LogP contribution is -2.24. The summed E-state index contributed by atoms with van der Waals surface area (Å²) in [5.41, 5.74) is 0.515. The minimum absolute atomic E-state index is 0.113. The third kappa shape index (κ3) is 7.80. The summed E-state index contributed by atoms with van der Waals surface area (Å²) in [5, 5.41) is 2.42. The number of nitrogens with one attached hydrogen (secondary N) is 1. The van der Waals surface area contributed by atoms with E-state index in [1.165, 1.54) is 0 Å². The van der Waals surface area contributed by atoms with E-state index >= 15 is 0 Å². The highest BCUT2D eigenvalue weighted by Gasteiger charge is 2.00. The van der Waals surface area contributed by atoms with E-state index in [0.717, 1.165) is 19.3 Å². The van der Waals surface area contributed by atoms with Crippen molar-refractivity contribution in [1.29, 1.82) is 0 Å². The molecule has 0 aliphatic heterocycles. The molecule has 0 saturated heterocycles. The van der Waals surface area contributed by atoms with Gasteiger partial charge in [0.25, 0.3) is 0 Å². The van der Waals surface area contributed by atoms with Gasteiger partial charge >= 0.3 is 0 Å². The lowest BCUT2D eigenvalue weighted by atomic mass is 10.2. The average Bonchev–Trinajstić information content (AvgIpc) is 2.09. The Morgan fingerprint density at radius 2 is 1.93 bits per heavy atom. The lowest BCUT2D eigenvalue weighted by Gasteiger charge is -2.03. The Bertz CT molecular complexity index is 226. The molecule has 3 nitrogen and oxygen atoms in total. The first-order valence-corrected chi connectivity index (χ1v) is 5.04. The molecule has 0 unspecified atom stereocenters. The van der Waals surface area contributed by atoms with Gasteiger partial charge in [-0.1, -0.05) is 13.0 Å². The van der Waals surface area contributed by atoms with E-state index in [-0.39, 0.29) is 11.1 Å². The van der Waals surface area contributed by atoms with Crippen LogP contribution in [0, 0.1) is 0 Å². The number of carbonyl (C=O) groups is 2. The summed E-state index contributed by atoms with van der Waals surface area (Å²) in [6.45, 7) is 5.81. The number of hydrogen-bond acceptors (Lipinski definition) is 2. The zero-order valence-corrected chi connectivity index (χ0v) is 9.19. The fourth-order valence-electron chi connectivity index (χ4n) is 0.919. The van der Waals surface area contributed by atoms with Crippen LogP contribution in [0.3, 0.4) is 0 Å². The van der Waals surface area contributed by atoms with Gasteiger partial charge in [0.05, 0.1) is 0 Å². The van der Waals surface area contributed by atoms with Crippen LogP contribution in [0.2, 0.25) is 0 Å². The molecule has 0 heterocycles. The third-order valence-corrected chi connectivity index (χ3v) is 1.91. The lowest BCUT2D eigenvalue weighted by molar-refractivity contribution is -0.117. The molecule has 0 atom stereocenters. The van der Waals surface area contributed by atoms with Crippen LogP contribution in [0.1, 0.15) is 32.6 Å². The first-order valence-electron chi connectivity index (χ1n) is 4.66. The van der Waals surface area contributed by atoms with E-state index in [4.69, 9.17) is 11.6 Å². The molecular weight excluding hydrogens is 202 g/mol. The predicted octanol–water partition coefficient (Wildman–Crippen LogP) is 2.00. The minimum atomic E-state index is -0.295. The molecule has 0 aliphatic carbocycles. The van der Waals surface area contributed by atoms with Crippen molar-refractivity contribution in [3.8, 4) is 0 Å². The Balaban J connectivity index is 3.26. The smallest absolute Gasteiger partial charge is 0.246 e. The highest BCUT2D eigenvalue weighted by Crippen LogP contribution is 2.01. The zero-order valence-electron chi connectivity index (χ0n) is 8.44. The maximum absolute atomic E-state index is 11.0. The summed E-state index contributed by atoms with van der Waals surface area (Å²) in [5.74, 6) is -0.113. The molecule has 14 heavy (non-hydrogen) atoms. The molecule has 0 bridgehead atoms. The number of unbranched alkanes of at least 4 members (excludes halogenated alkanes) is 2. The summed E-state index contributed by atoms with van der Waals surface area (Å²) < 4.78 is 0. The van der Waals surface area contributed by atoms with E-state index in [2.05, 4.69) is 11.9 Å². The van der Waals surface area contributed by atoms with Crippen molar-refractivity contribution in [2.24, 2.45) is 0 Å². The molecule has 1 amide bonds. The molecule has 1 N–H and O–H groups in total. The van der Waals surface area contributed by atoms with Gasteiger partial charge in [-0.25, -0.2) is 0 Å². The van der Waals surface area contributed by atoms with Gasteiger partial charge in [-0.3, -0.25) is 9.59 Å². The quantitative estimate of drug-likeness (QED) is 0.403. The van der Waals surface area contributed by atoms with Gasteiger partial charge in [0.1, 0.15) is 0 Å². The van der Waals surface area contributed by atoms with Crippen molar-refractivity contribution < 1.29 is 9.59 Å². The highest BCUT2D eigenvalue weighted by atomic mass is 35.5. The van der Waals surface area contributed by atoms with Crippen molar-refractivity contribution >= 4 is 22.8 Å². The first-order chi connectivity index (χ1) is 6.54. The molecule has 0 rings (SSSR count). The molecular formula is C10H16ClNO2. The second-order valence-corrected chi connectivity index (χ2v) is 3.62. The van der Waals surface area contributed by atoms with Crippen LogP contribution in [-0.2, 0) is 9.59 Å². The largest absolute Gasteiger partial charge is 0.352 e. The molecule has 4 heteroatoms. The Labute approximate surface area is 89.5 Å². The summed E-state index contributed by atoms with van der Waals surface area (Å²) in [7, 11) is 0. The normalized spacial score (nSPS) is 9.57. The maximum atomic E-state index is 11.0. The van der Waals surface area contributed by atoms with Gasteiger partial charge in [-0.2, -0.15) is 0 Å². The number of carbonyl (C=O) groups excluding carboxylic acids is 2. The van der Waals surface area contributed by atoms with E-state index < -0.39 is 0 Å². The molecule has 0 fully saturated rings. The Morgan fingerprint density at radius 3 is 2.43 bits per heavy atom. The fraction of sp³-hybridized carbons (Fsp3) is 0.600. The third-order valence-electron chi connectivity index (χ3n) is 1.72. The van der Waals surface area contributed by atoms with Crippen LogP contribution in [0.5, 0.6) is 0 Å². The van der Waals surface area contributed by atoms with Crippen LogP contribution < -0.4 is 5.32 Å². The monoisotopic (exact) mass is 217 g/mol. The van der Waals surface area contributed by atoms with Crippen molar-refractivity contribution in [3.05, 3.63) is 12.2 Å². The average molecular weight is 218 g/mol. The zero-order chi connectivity index (χ0) is 11.0. The van der Waals surface area contributed by atoms with Gasteiger partial charge in [-0.05, 0) is 31.4 Å². The first kappa shape index (κ1) is 13.2. The number of amides is 1. The topological polar surface area (TPSA) is 46.2 Å². The minimum Gasteiger partial charge on any atom is -0.352 e. The highest BCUT2D eigenvalue weighted by molar-refractivity contribution is 6.63. The van der Waals surface area contributed by atoms with Gasteiger partial charge < -0.3 is 5.32 Å². The van der Waals surface area contributed by atoms with Crippen molar-refractivity contribution in [1.82, 2.24) is 5.32 Å². The van der Waals surface area contributed by atoms with E-state index in [1.54, 1.807) is 6.92 Å². The van der Waals surface area contributed by atoms with E-state index in [1.807, 2.05) is 0 Å². The number of hydrogen-bond donors (Lipinski definition) is 1.